The molecule has 5 nitrogen and oxygen atoms in total. The van der Waals surface area contributed by atoms with E-state index in [1.54, 1.807) is 0 Å². The third-order valence-electron chi connectivity index (χ3n) is 2.24. The number of carbonyl (C=O) groups is 1. The van der Waals surface area contributed by atoms with Crippen LogP contribution in [0.25, 0.3) is 0 Å². The molecule has 1 atom stereocenters. The molecule has 0 saturated heterocycles. The van der Waals surface area contributed by atoms with Crippen LogP contribution in [0, 0.1) is 0 Å². The fourth-order valence-corrected chi connectivity index (χ4v) is 1.58. The van der Waals surface area contributed by atoms with E-state index in [0.29, 0.717) is 5.11 Å². The molecular weight excluding hydrogens is 250 g/mol. The molecule has 3 N–H and O–H groups in total. The van der Waals surface area contributed by atoms with Gasteiger partial charge in [-0.25, -0.2) is 0 Å². The first-order valence-corrected chi connectivity index (χ1v) is 5.93. The van der Waals surface area contributed by atoms with Crippen molar-refractivity contribution in [1.82, 2.24) is 16.2 Å². The van der Waals surface area contributed by atoms with Gasteiger partial charge < -0.3 is 10.1 Å². The lowest BCUT2D eigenvalue weighted by atomic mass is 10.1. The van der Waals surface area contributed by atoms with Gasteiger partial charge in [-0.15, -0.1) is 0 Å². The second kappa shape index (κ2) is 7.62. The molecule has 0 aliphatic rings. The quantitative estimate of drug-likeness (QED) is 0.558. The SMILES string of the molecule is COCC(=O)NNC(=S)N[C@H](C)c1ccccc1. The van der Waals surface area contributed by atoms with Gasteiger partial charge in [-0.1, -0.05) is 30.3 Å². The molecule has 6 heteroatoms. The Morgan fingerprint density at radius 2 is 2.00 bits per heavy atom. The molecule has 0 saturated carbocycles. The van der Waals surface area contributed by atoms with Crippen LogP contribution >= 0.6 is 12.2 Å². The molecule has 0 aromatic heterocycles. The standard InChI is InChI=1S/C12H17N3O2S/c1-9(10-6-4-3-5-7-10)13-12(18)15-14-11(16)8-17-2/h3-7,9H,8H2,1-2H3,(H,14,16)(H2,13,15,18)/t9-/m1/s1. The number of hydrazine groups is 1. The van der Waals surface area contributed by atoms with Gasteiger partial charge in [0.05, 0.1) is 6.04 Å². The number of hydrogen-bond acceptors (Lipinski definition) is 3. The molecule has 0 spiro atoms. The van der Waals surface area contributed by atoms with Crippen molar-refractivity contribution in [2.75, 3.05) is 13.7 Å². The normalized spacial score (nSPS) is 11.4. The van der Waals surface area contributed by atoms with Crippen molar-refractivity contribution in [2.24, 2.45) is 0 Å². The van der Waals surface area contributed by atoms with Crippen molar-refractivity contribution in [2.45, 2.75) is 13.0 Å². The zero-order valence-corrected chi connectivity index (χ0v) is 11.2. The summed E-state index contributed by atoms with van der Waals surface area (Å²) in [5, 5.41) is 3.42. The number of rotatable bonds is 4. The largest absolute Gasteiger partial charge is 0.375 e. The van der Waals surface area contributed by atoms with Crippen molar-refractivity contribution in [3.63, 3.8) is 0 Å². The van der Waals surface area contributed by atoms with Gasteiger partial charge in [-0.2, -0.15) is 0 Å². The number of hydrogen-bond donors (Lipinski definition) is 3. The maximum absolute atomic E-state index is 11.1. The monoisotopic (exact) mass is 267 g/mol. The second-order valence-electron chi connectivity index (χ2n) is 3.71. The highest BCUT2D eigenvalue weighted by Gasteiger charge is 2.06. The maximum atomic E-state index is 11.1. The molecular formula is C12H17N3O2S. The number of amides is 1. The van der Waals surface area contributed by atoms with Gasteiger partial charge in [0, 0.05) is 7.11 Å². The maximum Gasteiger partial charge on any atom is 0.264 e. The van der Waals surface area contributed by atoms with Gasteiger partial charge in [0.25, 0.3) is 5.91 Å². The first-order valence-electron chi connectivity index (χ1n) is 5.52. The summed E-state index contributed by atoms with van der Waals surface area (Å²) >= 11 is 5.06. The van der Waals surface area contributed by atoms with Gasteiger partial charge in [0.1, 0.15) is 6.61 Å². The molecule has 0 unspecified atom stereocenters. The first-order chi connectivity index (χ1) is 8.63. The number of carbonyl (C=O) groups excluding carboxylic acids is 1. The Hall–Kier alpha value is -1.66. The molecule has 0 fully saturated rings. The van der Waals surface area contributed by atoms with E-state index < -0.39 is 0 Å². The lowest BCUT2D eigenvalue weighted by Gasteiger charge is -2.17. The molecule has 1 aromatic rings. The van der Waals surface area contributed by atoms with Gasteiger partial charge in [-0.05, 0) is 24.7 Å². The molecule has 0 aliphatic heterocycles. The number of benzene rings is 1. The number of ether oxygens (including phenoxy) is 1. The third-order valence-corrected chi connectivity index (χ3v) is 2.46. The average Bonchev–Trinajstić information content (AvgIpc) is 2.38. The summed E-state index contributed by atoms with van der Waals surface area (Å²) in [5.41, 5.74) is 6.15. The van der Waals surface area contributed by atoms with E-state index in [0.717, 1.165) is 5.56 Å². The van der Waals surface area contributed by atoms with Crippen molar-refractivity contribution in [1.29, 1.82) is 0 Å². The van der Waals surface area contributed by atoms with Crippen LogP contribution in [0.2, 0.25) is 0 Å². The Balaban J connectivity index is 2.34. The zero-order chi connectivity index (χ0) is 13.4. The van der Waals surface area contributed by atoms with E-state index >= 15 is 0 Å². The lowest BCUT2D eigenvalue weighted by Crippen LogP contribution is -2.48. The highest BCUT2D eigenvalue weighted by Crippen LogP contribution is 2.10. The van der Waals surface area contributed by atoms with Crippen molar-refractivity contribution >= 4 is 23.2 Å². The summed E-state index contributed by atoms with van der Waals surface area (Å²) in [6, 6.07) is 9.95. The molecule has 1 aromatic carbocycles. The average molecular weight is 267 g/mol. The summed E-state index contributed by atoms with van der Waals surface area (Å²) in [6.45, 7) is 1.98. The number of methoxy groups -OCH3 is 1. The lowest BCUT2D eigenvalue weighted by molar-refractivity contribution is -0.125. The van der Waals surface area contributed by atoms with E-state index in [9.17, 15) is 4.79 Å². The van der Waals surface area contributed by atoms with E-state index in [-0.39, 0.29) is 18.6 Å². The third kappa shape index (κ3) is 5.11. The van der Waals surface area contributed by atoms with Crippen LogP contribution < -0.4 is 16.2 Å². The molecule has 1 amide bonds. The topological polar surface area (TPSA) is 62.4 Å². The predicted octanol–water partition coefficient (Wildman–Crippen LogP) is 0.889. The molecule has 0 aliphatic carbocycles. The Bertz CT molecular complexity index is 398. The number of thiocarbonyl (C=S) groups is 1. The van der Waals surface area contributed by atoms with Crippen LogP contribution in [0.15, 0.2) is 30.3 Å². The molecule has 1 rings (SSSR count). The molecule has 18 heavy (non-hydrogen) atoms. The molecule has 98 valence electrons. The summed E-state index contributed by atoms with van der Waals surface area (Å²) in [6.07, 6.45) is 0. The zero-order valence-electron chi connectivity index (χ0n) is 10.4. The summed E-state index contributed by atoms with van der Waals surface area (Å²) < 4.78 is 4.67. The smallest absolute Gasteiger partial charge is 0.264 e. The Kier molecular flexibility index (Phi) is 6.10. The minimum Gasteiger partial charge on any atom is -0.375 e. The van der Waals surface area contributed by atoms with Crippen molar-refractivity contribution in [3.8, 4) is 0 Å². The van der Waals surface area contributed by atoms with Gasteiger partial charge in [0.15, 0.2) is 5.11 Å². The van der Waals surface area contributed by atoms with Crippen LogP contribution in [0.4, 0.5) is 0 Å². The Morgan fingerprint density at radius 3 is 2.61 bits per heavy atom. The van der Waals surface area contributed by atoms with E-state index in [1.807, 2.05) is 37.3 Å². The Labute approximate surface area is 112 Å². The molecule has 0 bridgehead atoms. The van der Waals surface area contributed by atoms with Crippen LogP contribution in [0.3, 0.4) is 0 Å². The van der Waals surface area contributed by atoms with Gasteiger partial charge in [0.2, 0.25) is 0 Å². The minimum atomic E-state index is -0.283. The minimum absolute atomic E-state index is 0.0101. The van der Waals surface area contributed by atoms with Crippen LogP contribution in [-0.2, 0) is 9.53 Å². The van der Waals surface area contributed by atoms with Crippen LogP contribution in [0.5, 0.6) is 0 Å². The fraction of sp³-hybridized carbons (Fsp3) is 0.333. The highest BCUT2D eigenvalue weighted by atomic mass is 32.1. The molecule has 0 radical (unpaired) electrons. The van der Waals surface area contributed by atoms with E-state index in [4.69, 9.17) is 12.2 Å². The summed E-state index contributed by atoms with van der Waals surface area (Å²) in [4.78, 5) is 11.1. The summed E-state index contributed by atoms with van der Waals surface area (Å²) in [5.74, 6) is -0.283. The summed E-state index contributed by atoms with van der Waals surface area (Å²) in [7, 11) is 1.45. The van der Waals surface area contributed by atoms with Gasteiger partial charge in [-0.3, -0.25) is 15.6 Å². The van der Waals surface area contributed by atoms with Crippen LogP contribution in [0.1, 0.15) is 18.5 Å². The van der Waals surface area contributed by atoms with Crippen molar-refractivity contribution < 1.29 is 9.53 Å². The van der Waals surface area contributed by atoms with E-state index in [1.165, 1.54) is 7.11 Å². The predicted molar refractivity (Wildman–Crippen MR) is 73.7 cm³/mol. The molecule has 0 heterocycles. The van der Waals surface area contributed by atoms with Gasteiger partial charge >= 0.3 is 0 Å². The fourth-order valence-electron chi connectivity index (χ4n) is 1.35. The van der Waals surface area contributed by atoms with Crippen molar-refractivity contribution in [3.05, 3.63) is 35.9 Å². The van der Waals surface area contributed by atoms with E-state index in [2.05, 4.69) is 20.9 Å². The number of nitrogens with one attached hydrogen (secondary N) is 3. The highest BCUT2D eigenvalue weighted by molar-refractivity contribution is 7.80. The first kappa shape index (κ1) is 14.4. The second-order valence-corrected chi connectivity index (χ2v) is 4.12. The van der Waals surface area contributed by atoms with Crippen LogP contribution in [-0.4, -0.2) is 24.7 Å². The Morgan fingerprint density at radius 1 is 1.33 bits per heavy atom.